The normalized spacial score (nSPS) is 22.1. The molecule has 1 saturated heterocycles. The molecule has 0 spiro atoms. The highest BCUT2D eigenvalue weighted by molar-refractivity contribution is 7.80. The summed E-state index contributed by atoms with van der Waals surface area (Å²) in [6.45, 7) is 5.78. The molecule has 5 heteroatoms. The van der Waals surface area contributed by atoms with Crippen LogP contribution in [0.2, 0.25) is 0 Å². The first-order valence-electron chi connectivity index (χ1n) is 9.68. The molecule has 2 atom stereocenters. The molecule has 25 heavy (non-hydrogen) atoms. The number of rotatable bonds is 5. The molecule has 0 unspecified atom stereocenters. The average molecular weight is 362 g/mol. The van der Waals surface area contributed by atoms with E-state index in [0.29, 0.717) is 12.1 Å². The van der Waals surface area contributed by atoms with Gasteiger partial charge in [-0.25, -0.2) is 0 Å². The van der Waals surface area contributed by atoms with Gasteiger partial charge in [0.15, 0.2) is 5.11 Å². The van der Waals surface area contributed by atoms with Crippen LogP contribution in [-0.4, -0.2) is 48.4 Å². The van der Waals surface area contributed by atoms with Crippen molar-refractivity contribution in [3.05, 3.63) is 35.9 Å². The van der Waals surface area contributed by atoms with Gasteiger partial charge in [-0.2, -0.15) is 0 Å². The van der Waals surface area contributed by atoms with Crippen LogP contribution in [0.3, 0.4) is 0 Å². The van der Waals surface area contributed by atoms with Gasteiger partial charge >= 0.3 is 0 Å². The van der Waals surface area contributed by atoms with E-state index in [9.17, 15) is 0 Å². The van der Waals surface area contributed by atoms with E-state index in [4.69, 9.17) is 17.0 Å². The summed E-state index contributed by atoms with van der Waals surface area (Å²) in [7, 11) is 0. The minimum atomic E-state index is 0.240. The van der Waals surface area contributed by atoms with Crippen molar-refractivity contribution in [2.24, 2.45) is 0 Å². The second-order valence-electron chi connectivity index (χ2n) is 7.25. The fraction of sp³-hybridized carbons (Fsp3) is 0.650. The molecule has 1 heterocycles. The second-order valence-corrected chi connectivity index (χ2v) is 7.65. The van der Waals surface area contributed by atoms with Gasteiger partial charge in [-0.3, -0.25) is 4.90 Å². The number of benzene rings is 1. The van der Waals surface area contributed by atoms with Crippen molar-refractivity contribution >= 4 is 17.3 Å². The average Bonchev–Trinajstić information content (AvgIpc) is 2.64. The molecule has 0 radical (unpaired) electrons. The van der Waals surface area contributed by atoms with Crippen LogP contribution >= 0.6 is 12.2 Å². The Morgan fingerprint density at radius 1 is 1.12 bits per heavy atom. The third-order valence-corrected chi connectivity index (χ3v) is 5.59. The van der Waals surface area contributed by atoms with Crippen molar-refractivity contribution in [3.63, 3.8) is 0 Å². The molecule has 4 nitrogen and oxygen atoms in total. The SMILES string of the molecule is C[C@H](NC(=S)NC1CCCCC1)[C@@H](c1ccccc1)N1CCOCC1. The molecule has 0 amide bonds. The summed E-state index contributed by atoms with van der Waals surface area (Å²) >= 11 is 5.62. The smallest absolute Gasteiger partial charge is 0.166 e. The van der Waals surface area contributed by atoms with Gasteiger partial charge in [0.1, 0.15) is 0 Å². The number of hydrogen-bond donors (Lipinski definition) is 2. The van der Waals surface area contributed by atoms with E-state index in [1.807, 2.05) is 0 Å². The fourth-order valence-electron chi connectivity index (χ4n) is 4.08. The third kappa shape index (κ3) is 5.40. The maximum Gasteiger partial charge on any atom is 0.166 e. The van der Waals surface area contributed by atoms with Crippen LogP contribution in [0, 0.1) is 0 Å². The summed E-state index contributed by atoms with van der Waals surface area (Å²) in [4.78, 5) is 2.51. The van der Waals surface area contributed by atoms with Crippen LogP contribution in [0.4, 0.5) is 0 Å². The van der Waals surface area contributed by atoms with Crippen LogP contribution in [0.25, 0.3) is 0 Å². The predicted molar refractivity (Wildman–Crippen MR) is 107 cm³/mol. The lowest BCUT2D eigenvalue weighted by Crippen LogP contribution is -2.52. The number of hydrogen-bond acceptors (Lipinski definition) is 3. The van der Waals surface area contributed by atoms with E-state index in [0.717, 1.165) is 31.4 Å². The predicted octanol–water partition coefficient (Wildman–Crippen LogP) is 3.25. The van der Waals surface area contributed by atoms with Gasteiger partial charge in [-0.05, 0) is 37.5 Å². The minimum absolute atomic E-state index is 0.240. The molecule has 0 aromatic heterocycles. The zero-order valence-electron chi connectivity index (χ0n) is 15.2. The number of thiocarbonyl (C=S) groups is 1. The van der Waals surface area contributed by atoms with Crippen molar-refractivity contribution in [1.29, 1.82) is 0 Å². The molecular weight excluding hydrogens is 330 g/mol. The van der Waals surface area contributed by atoms with Crippen LogP contribution in [0.1, 0.15) is 50.6 Å². The third-order valence-electron chi connectivity index (χ3n) is 5.35. The van der Waals surface area contributed by atoms with E-state index in [2.05, 4.69) is 52.8 Å². The van der Waals surface area contributed by atoms with Crippen LogP contribution in [0.5, 0.6) is 0 Å². The highest BCUT2D eigenvalue weighted by atomic mass is 32.1. The van der Waals surface area contributed by atoms with Gasteiger partial charge in [0.25, 0.3) is 0 Å². The zero-order chi connectivity index (χ0) is 17.5. The van der Waals surface area contributed by atoms with E-state index < -0.39 is 0 Å². The molecule has 2 fully saturated rings. The lowest BCUT2D eigenvalue weighted by molar-refractivity contribution is 0.0101. The molecule has 1 saturated carbocycles. The minimum Gasteiger partial charge on any atom is -0.379 e. The Hall–Kier alpha value is -1.17. The van der Waals surface area contributed by atoms with Crippen LogP contribution in [0.15, 0.2) is 30.3 Å². The maximum absolute atomic E-state index is 5.62. The Bertz CT molecular complexity index is 527. The molecule has 1 aromatic rings. The first-order chi connectivity index (χ1) is 12.2. The number of nitrogens with zero attached hydrogens (tertiary/aromatic N) is 1. The van der Waals surface area contributed by atoms with Crippen molar-refractivity contribution < 1.29 is 4.74 Å². The number of nitrogens with one attached hydrogen (secondary N) is 2. The first kappa shape index (κ1) is 18.6. The second kappa shape index (κ2) is 9.51. The number of morpholine rings is 1. The van der Waals surface area contributed by atoms with Gasteiger partial charge in [-0.15, -0.1) is 0 Å². The van der Waals surface area contributed by atoms with E-state index in [1.54, 1.807) is 0 Å². The van der Waals surface area contributed by atoms with E-state index in [-0.39, 0.29) is 6.04 Å². The summed E-state index contributed by atoms with van der Waals surface area (Å²) < 4.78 is 5.55. The Kier molecular flexibility index (Phi) is 7.08. The van der Waals surface area contributed by atoms with Gasteiger partial charge in [0.2, 0.25) is 0 Å². The largest absolute Gasteiger partial charge is 0.379 e. The molecule has 2 N–H and O–H groups in total. The topological polar surface area (TPSA) is 36.5 Å². The van der Waals surface area contributed by atoms with E-state index in [1.165, 1.54) is 37.7 Å². The summed E-state index contributed by atoms with van der Waals surface area (Å²) in [5.74, 6) is 0. The Morgan fingerprint density at radius 3 is 2.48 bits per heavy atom. The molecule has 0 bridgehead atoms. The van der Waals surface area contributed by atoms with Gasteiger partial charge in [0.05, 0.1) is 19.3 Å². The van der Waals surface area contributed by atoms with Gasteiger partial charge < -0.3 is 15.4 Å². The Morgan fingerprint density at radius 2 is 1.80 bits per heavy atom. The summed E-state index contributed by atoms with van der Waals surface area (Å²) in [5, 5.41) is 7.90. The molecular formula is C20H31N3OS. The summed E-state index contributed by atoms with van der Waals surface area (Å²) in [6.07, 6.45) is 6.47. The van der Waals surface area contributed by atoms with Crippen LogP contribution < -0.4 is 10.6 Å². The van der Waals surface area contributed by atoms with Crippen molar-refractivity contribution in [1.82, 2.24) is 15.5 Å². The van der Waals surface area contributed by atoms with Crippen molar-refractivity contribution in [3.8, 4) is 0 Å². The van der Waals surface area contributed by atoms with Gasteiger partial charge in [-0.1, -0.05) is 49.6 Å². The quantitative estimate of drug-likeness (QED) is 0.788. The standard InChI is InChI=1S/C20H31N3OS/c1-16(21-20(25)22-18-10-6-3-7-11-18)19(17-8-4-2-5-9-17)23-12-14-24-15-13-23/h2,4-5,8-9,16,18-19H,3,6-7,10-15H2,1H3,(H2,21,22,25)/t16-,19-/m0/s1. The first-order valence-corrected chi connectivity index (χ1v) is 10.1. The molecule has 2 aliphatic rings. The number of ether oxygens (including phenoxy) is 1. The van der Waals surface area contributed by atoms with Crippen LogP contribution in [-0.2, 0) is 4.74 Å². The summed E-state index contributed by atoms with van der Waals surface area (Å²) in [6, 6.07) is 11.8. The highest BCUT2D eigenvalue weighted by Crippen LogP contribution is 2.25. The molecule has 138 valence electrons. The molecule has 1 aliphatic carbocycles. The lowest BCUT2D eigenvalue weighted by Gasteiger charge is -2.39. The zero-order valence-corrected chi connectivity index (χ0v) is 16.1. The Labute approximate surface area is 157 Å². The highest BCUT2D eigenvalue weighted by Gasteiger charge is 2.28. The maximum atomic E-state index is 5.62. The Balaban J connectivity index is 1.63. The van der Waals surface area contributed by atoms with Crippen molar-refractivity contribution in [2.75, 3.05) is 26.3 Å². The monoisotopic (exact) mass is 361 g/mol. The molecule has 1 aromatic carbocycles. The molecule has 1 aliphatic heterocycles. The lowest BCUT2D eigenvalue weighted by atomic mass is 9.95. The van der Waals surface area contributed by atoms with Gasteiger partial charge in [0, 0.05) is 25.2 Å². The van der Waals surface area contributed by atoms with E-state index >= 15 is 0 Å². The molecule has 3 rings (SSSR count). The fourth-order valence-corrected chi connectivity index (χ4v) is 4.43. The van der Waals surface area contributed by atoms with Crippen molar-refractivity contribution in [2.45, 2.75) is 57.2 Å². The summed E-state index contributed by atoms with van der Waals surface area (Å²) in [5.41, 5.74) is 1.34.